The SMILES string of the molecule is CC(CS(C)(=O)=O)Nc1ccc(C#N)c(F)c1F. The van der Waals surface area contributed by atoms with Crippen LogP contribution in [0.25, 0.3) is 0 Å². The highest BCUT2D eigenvalue weighted by molar-refractivity contribution is 7.90. The van der Waals surface area contributed by atoms with Crippen molar-refractivity contribution in [3.05, 3.63) is 29.3 Å². The maximum Gasteiger partial charge on any atom is 0.183 e. The number of benzene rings is 1. The molecule has 4 nitrogen and oxygen atoms in total. The molecule has 1 rings (SSSR count). The van der Waals surface area contributed by atoms with Gasteiger partial charge in [-0.3, -0.25) is 0 Å². The van der Waals surface area contributed by atoms with Gasteiger partial charge in [-0.1, -0.05) is 0 Å². The molecule has 0 spiro atoms. The number of nitrogens with one attached hydrogen (secondary N) is 1. The Hall–Kier alpha value is -1.68. The highest BCUT2D eigenvalue weighted by Crippen LogP contribution is 2.20. The molecule has 18 heavy (non-hydrogen) atoms. The van der Waals surface area contributed by atoms with Gasteiger partial charge in [0.1, 0.15) is 15.9 Å². The minimum atomic E-state index is -3.21. The third-order valence-electron chi connectivity index (χ3n) is 2.16. The molecule has 1 N–H and O–H groups in total. The fourth-order valence-corrected chi connectivity index (χ4v) is 2.50. The maximum atomic E-state index is 13.5. The first-order valence-electron chi connectivity index (χ1n) is 5.07. The first kappa shape index (κ1) is 14.4. The highest BCUT2D eigenvalue weighted by Gasteiger charge is 2.16. The predicted molar refractivity (Wildman–Crippen MR) is 63.9 cm³/mol. The zero-order chi connectivity index (χ0) is 13.9. The van der Waals surface area contributed by atoms with Crippen molar-refractivity contribution in [3.8, 4) is 6.07 Å². The fourth-order valence-electron chi connectivity index (χ4n) is 1.51. The van der Waals surface area contributed by atoms with Crippen LogP contribution >= 0.6 is 0 Å². The van der Waals surface area contributed by atoms with Crippen molar-refractivity contribution in [1.82, 2.24) is 0 Å². The third-order valence-corrected chi connectivity index (χ3v) is 3.26. The van der Waals surface area contributed by atoms with Gasteiger partial charge in [-0.05, 0) is 19.1 Å². The maximum absolute atomic E-state index is 13.5. The Kier molecular flexibility index (Phi) is 4.24. The van der Waals surface area contributed by atoms with Crippen molar-refractivity contribution in [2.75, 3.05) is 17.3 Å². The molecule has 0 heterocycles. The van der Waals surface area contributed by atoms with Crippen molar-refractivity contribution >= 4 is 15.5 Å². The lowest BCUT2D eigenvalue weighted by molar-refractivity contribution is 0.508. The minimum Gasteiger partial charge on any atom is -0.379 e. The molecule has 0 aliphatic carbocycles. The monoisotopic (exact) mass is 274 g/mol. The molecule has 0 radical (unpaired) electrons. The molecular formula is C11H12F2N2O2S. The number of anilines is 1. The third kappa shape index (κ3) is 3.67. The van der Waals surface area contributed by atoms with E-state index in [1.807, 2.05) is 0 Å². The van der Waals surface area contributed by atoms with E-state index < -0.39 is 33.1 Å². The van der Waals surface area contributed by atoms with Gasteiger partial charge in [0, 0.05) is 12.3 Å². The molecule has 0 aliphatic heterocycles. The summed E-state index contributed by atoms with van der Waals surface area (Å²) < 4.78 is 48.9. The van der Waals surface area contributed by atoms with E-state index >= 15 is 0 Å². The molecule has 1 unspecified atom stereocenters. The van der Waals surface area contributed by atoms with Gasteiger partial charge < -0.3 is 5.32 Å². The topological polar surface area (TPSA) is 70.0 Å². The zero-order valence-electron chi connectivity index (χ0n) is 9.87. The highest BCUT2D eigenvalue weighted by atomic mass is 32.2. The Balaban J connectivity index is 2.94. The van der Waals surface area contributed by atoms with E-state index in [0.717, 1.165) is 12.3 Å². The van der Waals surface area contributed by atoms with Crippen molar-refractivity contribution < 1.29 is 17.2 Å². The van der Waals surface area contributed by atoms with Crippen LogP contribution in [0.5, 0.6) is 0 Å². The van der Waals surface area contributed by atoms with E-state index in [1.165, 1.54) is 19.1 Å². The predicted octanol–water partition coefficient (Wildman–Crippen LogP) is 1.68. The van der Waals surface area contributed by atoms with Crippen LogP contribution in [0.3, 0.4) is 0 Å². The largest absolute Gasteiger partial charge is 0.379 e. The molecule has 7 heteroatoms. The second kappa shape index (κ2) is 5.31. The van der Waals surface area contributed by atoms with Gasteiger partial charge in [-0.2, -0.15) is 5.26 Å². The molecule has 0 saturated heterocycles. The molecule has 1 aromatic rings. The molecule has 1 atom stereocenters. The molecule has 0 aromatic heterocycles. The van der Waals surface area contributed by atoms with E-state index in [-0.39, 0.29) is 11.4 Å². The summed E-state index contributed by atoms with van der Waals surface area (Å²) in [4.78, 5) is 0. The Labute approximate surface area is 104 Å². The van der Waals surface area contributed by atoms with Gasteiger partial charge >= 0.3 is 0 Å². The Morgan fingerprint density at radius 1 is 1.39 bits per heavy atom. The minimum absolute atomic E-state index is 0.164. The van der Waals surface area contributed by atoms with Crippen LogP contribution in [0.2, 0.25) is 0 Å². The second-order valence-corrected chi connectivity index (χ2v) is 6.22. The van der Waals surface area contributed by atoms with E-state index in [2.05, 4.69) is 5.32 Å². The second-order valence-electron chi connectivity index (χ2n) is 4.04. The molecule has 0 fully saturated rings. The van der Waals surface area contributed by atoms with E-state index in [0.29, 0.717) is 0 Å². The van der Waals surface area contributed by atoms with Crippen LogP contribution in [0, 0.1) is 23.0 Å². The molecule has 1 aromatic carbocycles. The number of hydrogen-bond acceptors (Lipinski definition) is 4. The van der Waals surface area contributed by atoms with E-state index in [9.17, 15) is 17.2 Å². The summed E-state index contributed by atoms with van der Waals surface area (Å²) >= 11 is 0. The first-order chi connectivity index (χ1) is 8.24. The normalized spacial score (nSPS) is 12.8. The van der Waals surface area contributed by atoms with Crippen LogP contribution < -0.4 is 5.32 Å². The standard InChI is InChI=1S/C11H12F2N2O2S/c1-7(6-18(2,16)17)15-9-4-3-8(5-14)10(12)11(9)13/h3-4,7,15H,6H2,1-2H3. The van der Waals surface area contributed by atoms with Gasteiger partial charge in [-0.15, -0.1) is 0 Å². The lowest BCUT2D eigenvalue weighted by Gasteiger charge is -2.15. The van der Waals surface area contributed by atoms with Crippen molar-refractivity contribution in [2.24, 2.45) is 0 Å². The summed E-state index contributed by atoms with van der Waals surface area (Å²) in [5.41, 5.74) is -0.559. The van der Waals surface area contributed by atoms with Gasteiger partial charge in [0.15, 0.2) is 11.6 Å². The number of nitrogens with zero attached hydrogens (tertiary/aromatic N) is 1. The lowest BCUT2D eigenvalue weighted by atomic mass is 10.2. The Morgan fingerprint density at radius 3 is 2.50 bits per heavy atom. The number of rotatable bonds is 4. The molecule has 0 amide bonds. The molecule has 0 aliphatic rings. The van der Waals surface area contributed by atoms with Crippen molar-refractivity contribution in [2.45, 2.75) is 13.0 Å². The summed E-state index contributed by atoms with van der Waals surface area (Å²) in [5, 5.41) is 11.1. The van der Waals surface area contributed by atoms with Gasteiger partial charge in [-0.25, -0.2) is 17.2 Å². The quantitative estimate of drug-likeness (QED) is 0.907. The summed E-state index contributed by atoms with van der Waals surface area (Å²) in [6, 6.07) is 3.29. The van der Waals surface area contributed by atoms with Crippen LogP contribution in [0.4, 0.5) is 14.5 Å². The molecular weight excluding hydrogens is 262 g/mol. The average Bonchev–Trinajstić information content (AvgIpc) is 2.22. The zero-order valence-corrected chi connectivity index (χ0v) is 10.7. The number of halogens is 2. The van der Waals surface area contributed by atoms with Crippen LogP contribution in [-0.4, -0.2) is 26.5 Å². The fraction of sp³-hybridized carbons (Fsp3) is 0.364. The van der Waals surface area contributed by atoms with Gasteiger partial charge in [0.25, 0.3) is 0 Å². The number of nitriles is 1. The van der Waals surface area contributed by atoms with Gasteiger partial charge in [0.2, 0.25) is 0 Å². The van der Waals surface area contributed by atoms with Crippen LogP contribution in [0.15, 0.2) is 12.1 Å². The first-order valence-corrected chi connectivity index (χ1v) is 7.13. The van der Waals surface area contributed by atoms with E-state index in [4.69, 9.17) is 5.26 Å². The Bertz CT molecular complexity index is 594. The van der Waals surface area contributed by atoms with Crippen molar-refractivity contribution in [1.29, 1.82) is 5.26 Å². The number of sulfone groups is 1. The Morgan fingerprint density at radius 2 is 2.00 bits per heavy atom. The van der Waals surface area contributed by atoms with Crippen LogP contribution in [0.1, 0.15) is 12.5 Å². The lowest BCUT2D eigenvalue weighted by Crippen LogP contribution is -2.25. The number of hydrogen-bond donors (Lipinski definition) is 1. The van der Waals surface area contributed by atoms with Crippen molar-refractivity contribution in [3.63, 3.8) is 0 Å². The average molecular weight is 274 g/mol. The smallest absolute Gasteiger partial charge is 0.183 e. The summed E-state index contributed by atoms with van der Waals surface area (Å²) in [7, 11) is -3.21. The van der Waals surface area contributed by atoms with E-state index in [1.54, 1.807) is 0 Å². The molecule has 0 saturated carbocycles. The molecule has 98 valence electrons. The van der Waals surface area contributed by atoms with Gasteiger partial charge in [0.05, 0.1) is 17.0 Å². The van der Waals surface area contributed by atoms with Crippen LogP contribution in [-0.2, 0) is 9.84 Å². The summed E-state index contributed by atoms with van der Waals surface area (Å²) in [6.45, 7) is 1.54. The summed E-state index contributed by atoms with van der Waals surface area (Å²) in [5.74, 6) is -2.63. The molecule has 0 bridgehead atoms. The summed E-state index contributed by atoms with van der Waals surface area (Å²) in [6.07, 6.45) is 1.06.